The Balaban J connectivity index is 1.50. The zero-order valence-electron chi connectivity index (χ0n) is 13.3. The van der Waals surface area contributed by atoms with E-state index in [1.54, 1.807) is 10.9 Å². The molecule has 0 bridgehead atoms. The van der Waals surface area contributed by atoms with E-state index in [4.69, 9.17) is 11.6 Å². The standard InChI is InChI=1S/C17H21ClN4O/c1-14-5-6-19-22(14)13-17(23)21-9-7-20(8-10-21)12-15-3-2-4-16(18)11-15/h2-6,11H,7-10,12-13H2,1H3. The summed E-state index contributed by atoms with van der Waals surface area (Å²) in [5.41, 5.74) is 2.22. The number of carbonyl (C=O) groups is 1. The minimum Gasteiger partial charge on any atom is -0.339 e. The molecule has 0 aliphatic carbocycles. The van der Waals surface area contributed by atoms with Gasteiger partial charge in [-0.25, -0.2) is 0 Å². The lowest BCUT2D eigenvalue weighted by atomic mass is 10.2. The molecule has 3 rings (SSSR count). The first-order chi connectivity index (χ1) is 11.1. The van der Waals surface area contributed by atoms with Gasteiger partial charge in [-0.2, -0.15) is 5.10 Å². The van der Waals surface area contributed by atoms with Crippen molar-refractivity contribution < 1.29 is 4.79 Å². The molecule has 1 saturated heterocycles. The number of halogens is 1. The van der Waals surface area contributed by atoms with Crippen LogP contribution in [0, 0.1) is 6.92 Å². The predicted molar refractivity (Wildman–Crippen MR) is 90.3 cm³/mol. The van der Waals surface area contributed by atoms with Crippen LogP contribution in [0.2, 0.25) is 5.02 Å². The number of amides is 1. The third-order valence-electron chi connectivity index (χ3n) is 4.23. The van der Waals surface area contributed by atoms with Gasteiger partial charge in [0.05, 0.1) is 0 Å². The lowest BCUT2D eigenvalue weighted by molar-refractivity contribution is -0.133. The van der Waals surface area contributed by atoms with Gasteiger partial charge in [0.15, 0.2) is 0 Å². The van der Waals surface area contributed by atoms with Gasteiger partial charge in [-0.05, 0) is 30.7 Å². The topological polar surface area (TPSA) is 41.4 Å². The SMILES string of the molecule is Cc1ccnn1CC(=O)N1CCN(Cc2cccc(Cl)c2)CC1. The van der Waals surface area contributed by atoms with E-state index in [0.29, 0.717) is 6.54 Å². The van der Waals surface area contributed by atoms with E-state index in [0.717, 1.165) is 43.4 Å². The maximum atomic E-state index is 12.4. The highest BCUT2D eigenvalue weighted by molar-refractivity contribution is 6.30. The number of aromatic nitrogens is 2. The normalized spacial score (nSPS) is 15.8. The fourth-order valence-corrected chi connectivity index (χ4v) is 3.05. The van der Waals surface area contributed by atoms with Crippen LogP contribution in [0.1, 0.15) is 11.3 Å². The first-order valence-electron chi connectivity index (χ1n) is 7.85. The van der Waals surface area contributed by atoms with E-state index in [-0.39, 0.29) is 5.91 Å². The Kier molecular flexibility index (Phi) is 4.98. The first kappa shape index (κ1) is 16.0. The zero-order chi connectivity index (χ0) is 16.2. The van der Waals surface area contributed by atoms with Gasteiger partial charge < -0.3 is 4.90 Å². The van der Waals surface area contributed by atoms with Crippen LogP contribution in [0.3, 0.4) is 0 Å². The van der Waals surface area contributed by atoms with Gasteiger partial charge in [0.1, 0.15) is 6.54 Å². The highest BCUT2D eigenvalue weighted by Crippen LogP contribution is 2.14. The molecule has 0 saturated carbocycles. The molecule has 1 amide bonds. The Morgan fingerprint density at radius 1 is 1.22 bits per heavy atom. The van der Waals surface area contributed by atoms with Crippen LogP contribution < -0.4 is 0 Å². The molecule has 0 radical (unpaired) electrons. The zero-order valence-corrected chi connectivity index (χ0v) is 14.0. The highest BCUT2D eigenvalue weighted by Gasteiger charge is 2.21. The molecule has 6 heteroatoms. The largest absolute Gasteiger partial charge is 0.339 e. The number of aryl methyl sites for hydroxylation is 1. The quantitative estimate of drug-likeness (QED) is 0.862. The van der Waals surface area contributed by atoms with Gasteiger partial charge in [0, 0.05) is 49.6 Å². The minimum atomic E-state index is 0.138. The van der Waals surface area contributed by atoms with Crippen LogP contribution >= 0.6 is 11.6 Å². The van der Waals surface area contributed by atoms with E-state index in [2.05, 4.69) is 16.1 Å². The smallest absolute Gasteiger partial charge is 0.244 e. The highest BCUT2D eigenvalue weighted by atomic mass is 35.5. The average molecular weight is 333 g/mol. The minimum absolute atomic E-state index is 0.138. The number of benzene rings is 1. The molecule has 0 atom stereocenters. The van der Waals surface area contributed by atoms with Crippen LogP contribution in [0.5, 0.6) is 0 Å². The van der Waals surface area contributed by atoms with Crippen LogP contribution in [-0.4, -0.2) is 51.7 Å². The van der Waals surface area contributed by atoms with Gasteiger partial charge in [-0.3, -0.25) is 14.4 Å². The van der Waals surface area contributed by atoms with Crippen molar-refractivity contribution in [3.8, 4) is 0 Å². The van der Waals surface area contributed by atoms with Crippen LogP contribution in [0.4, 0.5) is 0 Å². The van der Waals surface area contributed by atoms with Crippen molar-refractivity contribution in [3.05, 3.63) is 52.8 Å². The molecule has 1 aromatic heterocycles. The van der Waals surface area contributed by atoms with Gasteiger partial charge in [0.2, 0.25) is 5.91 Å². The van der Waals surface area contributed by atoms with Crippen molar-refractivity contribution in [3.63, 3.8) is 0 Å². The molecule has 5 nitrogen and oxygen atoms in total. The van der Waals surface area contributed by atoms with Gasteiger partial charge in [-0.1, -0.05) is 23.7 Å². The van der Waals surface area contributed by atoms with E-state index in [1.807, 2.05) is 36.1 Å². The molecular weight excluding hydrogens is 312 g/mol. The third-order valence-corrected chi connectivity index (χ3v) is 4.47. The van der Waals surface area contributed by atoms with Crippen molar-refractivity contribution in [2.75, 3.05) is 26.2 Å². The summed E-state index contributed by atoms with van der Waals surface area (Å²) in [5, 5.41) is 4.95. The van der Waals surface area contributed by atoms with Gasteiger partial charge in [0.25, 0.3) is 0 Å². The lowest BCUT2D eigenvalue weighted by Crippen LogP contribution is -2.49. The summed E-state index contributed by atoms with van der Waals surface area (Å²) < 4.78 is 1.75. The predicted octanol–water partition coefficient (Wildman–Crippen LogP) is 2.19. The summed E-state index contributed by atoms with van der Waals surface area (Å²) in [4.78, 5) is 16.6. The van der Waals surface area contributed by atoms with Gasteiger partial charge in [-0.15, -0.1) is 0 Å². The average Bonchev–Trinajstić information content (AvgIpc) is 2.93. The van der Waals surface area contributed by atoms with Crippen LogP contribution in [0.25, 0.3) is 0 Å². The second-order valence-electron chi connectivity index (χ2n) is 5.92. The molecule has 0 spiro atoms. The Morgan fingerprint density at radius 3 is 2.65 bits per heavy atom. The van der Waals surface area contributed by atoms with Crippen LogP contribution in [-0.2, 0) is 17.9 Å². The number of piperazine rings is 1. The summed E-state index contributed by atoms with van der Waals surface area (Å²) in [6, 6.07) is 9.86. The van der Waals surface area contributed by atoms with E-state index in [9.17, 15) is 4.79 Å². The molecule has 23 heavy (non-hydrogen) atoms. The fourth-order valence-electron chi connectivity index (χ4n) is 2.84. The molecule has 1 fully saturated rings. The summed E-state index contributed by atoms with van der Waals surface area (Å²) in [5.74, 6) is 0.138. The number of nitrogens with zero attached hydrogens (tertiary/aromatic N) is 4. The second kappa shape index (κ2) is 7.15. The van der Waals surface area contributed by atoms with Crippen molar-refractivity contribution in [2.45, 2.75) is 20.0 Å². The third kappa shape index (κ3) is 4.12. The Hall–Kier alpha value is -1.85. The molecule has 122 valence electrons. The molecule has 2 aromatic rings. The van der Waals surface area contributed by atoms with Crippen molar-refractivity contribution >= 4 is 17.5 Å². The maximum Gasteiger partial charge on any atom is 0.244 e. The van der Waals surface area contributed by atoms with E-state index >= 15 is 0 Å². The van der Waals surface area contributed by atoms with Crippen LogP contribution in [0.15, 0.2) is 36.5 Å². The Morgan fingerprint density at radius 2 is 2.00 bits per heavy atom. The Labute approximate surface area is 141 Å². The number of hydrogen-bond donors (Lipinski definition) is 0. The van der Waals surface area contributed by atoms with E-state index < -0.39 is 0 Å². The number of hydrogen-bond acceptors (Lipinski definition) is 3. The van der Waals surface area contributed by atoms with Gasteiger partial charge >= 0.3 is 0 Å². The Bertz CT molecular complexity index is 677. The molecule has 1 aromatic carbocycles. The number of carbonyl (C=O) groups excluding carboxylic acids is 1. The number of rotatable bonds is 4. The second-order valence-corrected chi connectivity index (χ2v) is 6.35. The lowest BCUT2D eigenvalue weighted by Gasteiger charge is -2.34. The van der Waals surface area contributed by atoms with E-state index in [1.165, 1.54) is 5.56 Å². The molecular formula is C17H21ClN4O. The molecule has 0 unspecified atom stereocenters. The van der Waals surface area contributed by atoms with Crippen molar-refractivity contribution in [2.24, 2.45) is 0 Å². The van der Waals surface area contributed by atoms with Crippen molar-refractivity contribution in [1.29, 1.82) is 0 Å². The summed E-state index contributed by atoms with van der Waals surface area (Å²) in [6.45, 7) is 6.46. The molecule has 2 heterocycles. The summed E-state index contributed by atoms with van der Waals surface area (Å²) in [6.07, 6.45) is 1.73. The summed E-state index contributed by atoms with van der Waals surface area (Å²) in [7, 11) is 0. The van der Waals surface area contributed by atoms with Crippen molar-refractivity contribution in [1.82, 2.24) is 19.6 Å². The molecule has 0 N–H and O–H groups in total. The molecule has 1 aliphatic rings. The first-order valence-corrected chi connectivity index (χ1v) is 8.22. The fraction of sp³-hybridized carbons (Fsp3) is 0.412. The maximum absolute atomic E-state index is 12.4. The monoisotopic (exact) mass is 332 g/mol. The molecule has 1 aliphatic heterocycles. The summed E-state index contributed by atoms with van der Waals surface area (Å²) >= 11 is 6.03.